The van der Waals surface area contributed by atoms with E-state index in [0.29, 0.717) is 18.5 Å². The van der Waals surface area contributed by atoms with Crippen molar-refractivity contribution in [2.45, 2.75) is 39.7 Å². The topological polar surface area (TPSA) is 75.4 Å². The van der Waals surface area contributed by atoms with Gasteiger partial charge in [0.25, 0.3) is 0 Å². The highest BCUT2D eigenvalue weighted by Gasteiger charge is 2.16. The fraction of sp³-hybridized carbons (Fsp3) is 0.667. The van der Waals surface area contributed by atoms with Crippen LogP contribution in [-0.4, -0.2) is 28.8 Å². The minimum atomic E-state index is -0.0699. The zero-order chi connectivity index (χ0) is 13.7. The van der Waals surface area contributed by atoms with Crippen LogP contribution < -0.4 is 5.32 Å². The van der Waals surface area contributed by atoms with Crippen molar-refractivity contribution in [1.82, 2.24) is 10.5 Å². The number of halogens is 1. The van der Waals surface area contributed by atoms with Crippen LogP contribution in [0.4, 0.5) is 0 Å². The molecule has 0 aliphatic heterocycles. The average Bonchev–Trinajstić information content (AvgIpc) is 2.65. The molecule has 0 radical (unpaired) electrons. The lowest BCUT2D eigenvalue weighted by Gasteiger charge is -2.19. The summed E-state index contributed by atoms with van der Waals surface area (Å²) in [5.41, 5.74) is 1.49. The van der Waals surface area contributed by atoms with Crippen LogP contribution in [0, 0.1) is 12.8 Å². The molecule has 0 saturated carbocycles. The Morgan fingerprint density at radius 1 is 1.56 bits per heavy atom. The molecule has 18 heavy (non-hydrogen) atoms. The number of aromatic nitrogens is 1. The van der Waals surface area contributed by atoms with E-state index < -0.39 is 0 Å². The molecule has 0 aliphatic rings. The van der Waals surface area contributed by atoms with E-state index in [1.807, 2.05) is 13.8 Å². The quantitative estimate of drug-likeness (QED) is 0.828. The molecule has 0 aromatic carbocycles. The van der Waals surface area contributed by atoms with Crippen molar-refractivity contribution in [2.24, 2.45) is 5.92 Å². The van der Waals surface area contributed by atoms with Crippen molar-refractivity contribution in [3.63, 3.8) is 0 Å². The third kappa shape index (κ3) is 3.99. The SMILES string of the molecule is Cc1noc(Cl)c1CCC(=O)NC(C)C(C)CO. The second-order valence-electron chi connectivity index (χ2n) is 4.54. The number of rotatable bonds is 6. The molecule has 1 heterocycles. The Morgan fingerprint density at radius 3 is 2.72 bits per heavy atom. The largest absolute Gasteiger partial charge is 0.396 e. The summed E-state index contributed by atoms with van der Waals surface area (Å²) < 4.78 is 4.81. The Hall–Kier alpha value is -1.07. The molecule has 2 atom stereocenters. The number of nitrogens with one attached hydrogen (secondary N) is 1. The summed E-state index contributed by atoms with van der Waals surface area (Å²) in [4.78, 5) is 11.7. The maximum atomic E-state index is 11.7. The average molecular weight is 275 g/mol. The van der Waals surface area contributed by atoms with Gasteiger partial charge in [-0.1, -0.05) is 12.1 Å². The number of amides is 1. The smallest absolute Gasteiger partial charge is 0.229 e. The molecule has 0 bridgehead atoms. The van der Waals surface area contributed by atoms with Gasteiger partial charge in [0.05, 0.1) is 5.69 Å². The van der Waals surface area contributed by atoms with Gasteiger partial charge in [-0.05, 0) is 37.8 Å². The summed E-state index contributed by atoms with van der Waals surface area (Å²) >= 11 is 5.81. The first-order valence-electron chi connectivity index (χ1n) is 5.96. The van der Waals surface area contributed by atoms with Crippen molar-refractivity contribution >= 4 is 17.5 Å². The van der Waals surface area contributed by atoms with E-state index >= 15 is 0 Å². The van der Waals surface area contributed by atoms with Gasteiger partial charge in [0.1, 0.15) is 0 Å². The molecular weight excluding hydrogens is 256 g/mol. The van der Waals surface area contributed by atoms with Crippen molar-refractivity contribution in [3.05, 3.63) is 16.5 Å². The minimum absolute atomic E-state index is 0.0369. The van der Waals surface area contributed by atoms with E-state index in [4.69, 9.17) is 21.2 Å². The number of hydrogen-bond acceptors (Lipinski definition) is 4. The normalized spacial score (nSPS) is 14.3. The Bertz CT molecular complexity index is 387. The third-order valence-electron chi connectivity index (χ3n) is 3.07. The Kier molecular flexibility index (Phi) is 5.62. The Labute approximate surface area is 111 Å². The first-order valence-corrected chi connectivity index (χ1v) is 6.34. The molecule has 2 unspecified atom stereocenters. The van der Waals surface area contributed by atoms with Crippen molar-refractivity contribution < 1.29 is 14.4 Å². The molecule has 5 nitrogen and oxygen atoms in total. The van der Waals surface area contributed by atoms with Gasteiger partial charge in [0.15, 0.2) is 0 Å². The first kappa shape index (κ1) is 15.0. The van der Waals surface area contributed by atoms with Crippen molar-refractivity contribution in [2.75, 3.05) is 6.61 Å². The number of hydrogen-bond donors (Lipinski definition) is 2. The second-order valence-corrected chi connectivity index (χ2v) is 4.88. The molecule has 0 spiro atoms. The molecule has 2 N–H and O–H groups in total. The third-order valence-corrected chi connectivity index (χ3v) is 3.37. The Morgan fingerprint density at radius 2 is 2.22 bits per heavy atom. The molecule has 1 rings (SSSR count). The molecule has 102 valence electrons. The number of carbonyl (C=O) groups is 1. The number of aliphatic hydroxyl groups excluding tert-OH is 1. The molecule has 0 aliphatic carbocycles. The van der Waals surface area contributed by atoms with Crippen LogP contribution in [0.25, 0.3) is 0 Å². The number of carbonyl (C=O) groups excluding carboxylic acids is 1. The zero-order valence-corrected chi connectivity index (χ0v) is 11.6. The fourth-order valence-electron chi connectivity index (χ4n) is 1.51. The number of aliphatic hydroxyl groups is 1. The summed E-state index contributed by atoms with van der Waals surface area (Å²) in [5, 5.41) is 15.8. The van der Waals surface area contributed by atoms with E-state index in [1.165, 1.54) is 0 Å². The van der Waals surface area contributed by atoms with E-state index in [2.05, 4.69) is 10.5 Å². The predicted octanol–water partition coefficient (Wildman–Crippen LogP) is 1.70. The van der Waals surface area contributed by atoms with Crippen LogP contribution in [0.2, 0.25) is 5.22 Å². The summed E-state index contributed by atoms with van der Waals surface area (Å²) in [7, 11) is 0. The zero-order valence-electron chi connectivity index (χ0n) is 10.9. The molecule has 0 fully saturated rings. The van der Waals surface area contributed by atoms with Crippen LogP contribution >= 0.6 is 11.6 Å². The fourth-order valence-corrected chi connectivity index (χ4v) is 1.77. The summed E-state index contributed by atoms with van der Waals surface area (Å²) in [6, 6.07) is -0.0541. The molecule has 0 saturated heterocycles. The van der Waals surface area contributed by atoms with Crippen LogP contribution in [0.5, 0.6) is 0 Å². The van der Waals surface area contributed by atoms with Gasteiger partial charge in [-0.3, -0.25) is 4.79 Å². The van der Waals surface area contributed by atoms with Crippen LogP contribution in [0.15, 0.2) is 4.52 Å². The molecule has 1 aromatic heterocycles. The van der Waals surface area contributed by atoms with Crippen LogP contribution in [0.1, 0.15) is 31.5 Å². The lowest BCUT2D eigenvalue weighted by molar-refractivity contribution is -0.122. The molecule has 1 aromatic rings. The summed E-state index contributed by atoms with van der Waals surface area (Å²) in [5.74, 6) is -0.0330. The van der Waals surface area contributed by atoms with E-state index in [1.54, 1.807) is 6.92 Å². The highest BCUT2D eigenvalue weighted by molar-refractivity contribution is 6.29. The van der Waals surface area contributed by atoms with E-state index in [9.17, 15) is 4.79 Å². The number of nitrogens with zero attached hydrogens (tertiary/aromatic N) is 1. The lowest BCUT2D eigenvalue weighted by atomic mass is 10.0. The van der Waals surface area contributed by atoms with Gasteiger partial charge < -0.3 is 14.9 Å². The van der Waals surface area contributed by atoms with Gasteiger partial charge in [-0.25, -0.2) is 0 Å². The monoisotopic (exact) mass is 274 g/mol. The van der Waals surface area contributed by atoms with E-state index in [-0.39, 0.29) is 29.7 Å². The highest BCUT2D eigenvalue weighted by atomic mass is 35.5. The molecule has 6 heteroatoms. The second kappa shape index (κ2) is 6.75. The van der Waals surface area contributed by atoms with Gasteiger partial charge in [-0.2, -0.15) is 0 Å². The summed E-state index contributed by atoms with van der Waals surface area (Å²) in [6.07, 6.45) is 0.824. The predicted molar refractivity (Wildman–Crippen MR) is 68.4 cm³/mol. The van der Waals surface area contributed by atoms with Gasteiger partial charge >= 0.3 is 0 Å². The number of aryl methyl sites for hydroxylation is 1. The van der Waals surface area contributed by atoms with Crippen molar-refractivity contribution in [3.8, 4) is 0 Å². The maximum absolute atomic E-state index is 11.7. The van der Waals surface area contributed by atoms with Crippen LogP contribution in [0.3, 0.4) is 0 Å². The van der Waals surface area contributed by atoms with Gasteiger partial charge in [0.2, 0.25) is 11.1 Å². The molecule has 1 amide bonds. The van der Waals surface area contributed by atoms with Gasteiger partial charge in [0, 0.05) is 24.6 Å². The van der Waals surface area contributed by atoms with Gasteiger partial charge in [-0.15, -0.1) is 0 Å². The highest BCUT2D eigenvalue weighted by Crippen LogP contribution is 2.20. The summed E-state index contributed by atoms with van der Waals surface area (Å²) in [6.45, 7) is 5.60. The first-order chi connectivity index (χ1) is 8.45. The standard InChI is InChI=1S/C12H19ClN2O3/c1-7(6-16)8(2)14-11(17)5-4-10-9(3)15-18-12(10)13/h7-8,16H,4-6H2,1-3H3,(H,14,17). The van der Waals surface area contributed by atoms with Crippen LogP contribution in [-0.2, 0) is 11.2 Å². The lowest BCUT2D eigenvalue weighted by Crippen LogP contribution is -2.38. The molecular formula is C12H19ClN2O3. The minimum Gasteiger partial charge on any atom is -0.396 e. The van der Waals surface area contributed by atoms with Crippen molar-refractivity contribution in [1.29, 1.82) is 0 Å². The maximum Gasteiger partial charge on any atom is 0.229 e. The van der Waals surface area contributed by atoms with E-state index in [0.717, 1.165) is 5.56 Å². The Balaban J connectivity index is 2.42.